The van der Waals surface area contributed by atoms with Crippen LogP contribution in [0.3, 0.4) is 0 Å². The van der Waals surface area contributed by atoms with Gasteiger partial charge < -0.3 is 25.1 Å². The molecule has 0 saturated carbocycles. The maximum Gasteiger partial charge on any atom is 0.509 e. The quantitative estimate of drug-likeness (QED) is 0.699. The lowest BCUT2D eigenvalue weighted by Gasteiger charge is -2.24. The molecule has 0 aliphatic carbocycles. The maximum atomic E-state index is 11.5. The molecule has 2 fully saturated rings. The molecule has 4 heterocycles. The predicted octanol–water partition coefficient (Wildman–Crippen LogP) is -0.567. The van der Waals surface area contributed by atoms with Crippen molar-refractivity contribution in [2.24, 2.45) is 0 Å². The van der Waals surface area contributed by atoms with Crippen LogP contribution in [0.15, 0.2) is 12.5 Å². The zero-order valence-corrected chi connectivity index (χ0v) is 11.5. The molecule has 3 N–H and O–H groups in total. The zero-order chi connectivity index (χ0) is 15.5. The number of carbonyl (C=O) groups excluding carboxylic acids is 1. The molecule has 0 amide bonds. The van der Waals surface area contributed by atoms with E-state index in [0.717, 1.165) is 0 Å². The monoisotopic (exact) mass is 307 g/mol. The summed E-state index contributed by atoms with van der Waals surface area (Å²) in [6.45, 7) is 1.38. The molecule has 2 aromatic heterocycles. The van der Waals surface area contributed by atoms with Crippen LogP contribution < -0.4 is 5.73 Å². The highest BCUT2D eigenvalue weighted by Gasteiger charge is 2.64. The minimum Gasteiger partial charge on any atom is -0.424 e. The standard InChI is InChI=1S/C12H13N5O5/c1-12-7(20-6(3-18)8(12)21-11(19)22-12)5-2-14-10-9(13)15-4-16-17(5)10/h2,4,6-8,18H,3H2,1H3,(H2,13,15,16)/t6-,7+,8-,12+/m1/s1. The Labute approximate surface area is 123 Å². The molecular weight excluding hydrogens is 294 g/mol. The Morgan fingerprint density at radius 1 is 1.50 bits per heavy atom. The molecule has 10 nitrogen and oxygen atoms in total. The van der Waals surface area contributed by atoms with E-state index < -0.39 is 30.1 Å². The van der Waals surface area contributed by atoms with Crippen molar-refractivity contribution in [3.8, 4) is 0 Å². The van der Waals surface area contributed by atoms with Gasteiger partial charge in [-0.25, -0.2) is 19.3 Å². The Kier molecular flexibility index (Phi) is 2.57. The van der Waals surface area contributed by atoms with Crippen LogP contribution in [0.2, 0.25) is 0 Å². The normalized spacial score (nSPS) is 33.7. The average Bonchev–Trinajstić information content (AvgIpc) is 3.09. The highest BCUT2D eigenvalue weighted by molar-refractivity contribution is 5.64. The van der Waals surface area contributed by atoms with E-state index in [-0.39, 0.29) is 12.4 Å². The van der Waals surface area contributed by atoms with E-state index in [2.05, 4.69) is 15.1 Å². The number of aliphatic hydroxyl groups is 1. The Balaban J connectivity index is 1.84. The number of imidazole rings is 1. The Morgan fingerprint density at radius 3 is 3.09 bits per heavy atom. The molecule has 0 aromatic carbocycles. The molecule has 4 atom stereocenters. The number of anilines is 1. The average molecular weight is 307 g/mol. The number of aromatic nitrogens is 4. The molecular formula is C12H13N5O5. The second-order valence-corrected chi connectivity index (χ2v) is 5.38. The van der Waals surface area contributed by atoms with Gasteiger partial charge in [-0.2, -0.15) is 5.10 Å². The SMILES string of the molecule is C[C@@]12OC(=O)O[C@@H]1[C@@H](CO)O[C@H]2c1cnc2c(N)ncnn12. The predicted molar refractivity (Wildman–Crippen MR) is 69.7 cm³/mol. The van der Waals surface area contributed by atoms with Crippen LogP contribution in [0.1, 0.15) is 18.7 Å². The lowest BCUT2D eigenvalue weighted by molar-refractivity contribution is -0.0609. The molecule has 2 aliphatic rings. The lowest BCUT2D eigenvalue weighted by Crippen LogP contribution is -2.40. The van der Waals surface area contributed by atoms with Crippen LogP contribution in [0.5, 0.6) is 0 Å². The third kappa shape index (κ3) is 1.56. The van der Waals surface area contributed by atoms with Crippen molar-refractivity contribution in [2.75, 3.05) is 12.3 Å². The number of ether oxygens (including phenoxy) is 3. The second-order valence-electron chi connectivity index (χ2n) is 5.38. The molecule has 0 spiro atoms. The summed E-state index contributed by atoms with van der Waals surface area (Å²) >= 11 is 0. The smallest absolute Gasteiger partial charge is 0.424 e. The minimum atomic E-state index is -1.08. The topological polar surface area (TPSA) is 134 Å². The summed E-state index contributed by atoms with van der Waals surface area (Å²) in [6, 6.07) is 0. The third-order valence-electron chi connectivity index (χ3n) is 4.07. The van der Waals surface area contributed by atoms with E-state index in [1.807, 2.05) is 0 Å². The Bertz CT molecular complexity index is 763. The van der Waals surface area contributed by atoms with Crippen molar-refractivity contribution in [1.82, 2.24) is 19.6 Å². The summed E-state index contributed by atoms with van der Waals surface area (Å²) in [6.07, 6.45) is -0.0686. The zero-order valence-electron chi connectivity index (χ0n) is 11.5. The highest BCUT2D eigenvalue weighted by Crippen LogP contribution is 2.48. The van der Waals surface area contributed by atoms with E-state index in [1.54, 1.807) is 6.92 Å². The summed E-state index contributed by atoms with van der Waals surface area (Å²) in [5.74, 6) is 0.222. The first-order valence-electron chi connectivity index (χ1n) is 6.64. The molecule has 0 radical (unpaired) electrons. The van der Waals surface area contributed by atoms with Crippen molar-refractivity contribution in [3.05, 3.63) is 18.2 Å². The van der Waals surface area contributed by atoms with Crippen molar-refractivity contribution in [2.45, 2.75) is 30.8 Å². The minimum absolute atomic E-state index is 0.222. The third-order valence-corrected chi connectivity index (χ3v) is 4.07. The largest absolute Gasteiger partial charge is 0.509 e. The van der Waals surface area contributed by atoms with Crippen LogP contribution in [0.25, 0.3) is 5.65 Å². The van der Waals surface area contributed by atoms with Gasteiger partial charge >= 0.3 is 6.16 Å². The number of hydrogen-bond donors (Lipinski definition) is 2. The molecule has 10 heteroatoms. The molecule has 2 aromatic rings. The van der Waals surface area contributed by atoms with Crippen LogP contribution in [-0.4, -0.2) is 55.3 Å². The van der Waals surface area contributed by atoms with Crippen LogP contribution in [0, 0.1) is 0 Å². The van der Waals surface area contributed by atoms with E-state index in [0.29, 0.717) is 11.3 Å². The van der Waals surface area contributed by atoms with Gasteiger partial charge in [-0.15, -0.1) is 0 Å². The lowest BCUT2D eigenvalue weighted by atomic mass is 9.91. The van der Waals surface area contributed by atoms with Gasteiger partial charge in [0, 0.05) is 0 Å². The molecule has 0 unspecified atom stereocenters. The second kappa shape index (κ2) is 4.27. The molecule has 116 valence electrons. The van der Waals surface area contributed by atoms with Gasteiger partial charge in [-0.05, 0) is 6.92 Å². The first-order valence-corrected chi connectivity index (χ1v) is 6.64. The summed E-state index contributed by atoms with van der Waals surface area (Å²) in [4.78, 5) is 19.5. The van der Waals surface area contributed by atoms with Crippen molar-refractivity contribution in [3.63, 3.8) is 0 Å². The number of carbonyl (C=O) groups is 1. The van der Waals surface area contributed by atoms with Crippen molar-refractivity contribution < 1.29 is 24.1 Å². The van der Waals surface area contributed by atoms with Gasteiger partial charge in [-0.3, -0.25) is 0 Å². The molecule has 0 bridgehead atoms. The van der Waals surface area contributed by atoms with Crippen LogP contribution in [0.4, 0.5) is 10.6 Å². The van der Waals surface area contributed by atoms with Crippen LogP contribution >= 0.6 is 0 Å². The number of rotatable bonds is 2. The van der Waals surface area contributed by atoms with Crippen molar-refractivity contribution in [1.29, 1.82) is 0 Å². The number of nitrogen functional groups attached to an aromatic ring is 1. The van der Waals surface area contributed by atoms with E-state index in [4.69, 9.17) is 19.9 Å². The van der Waals surface area contributed by atoms with E-state index in [1.165, 1.54) is 17.0 Å². The number of nitrogens with two attached hydrogens (primary N) is 1. The Morgan fingerprint density at radius 2 is 2.32 bits per heavy atom. The van der Waals surface area contributed by atoms with Gasteiger partial charge in [0.2, 0.25) is 0 Å². The fourth-order valence-corrected chi connectivity index (χ4v) is 3.04. The molecule has 22 heavy (non-hydrogen) atoms. The number of hydrogen-bond acceptors (Lipinski definition) is 9. The summed E-state index contributed by atoms with van der Waals surface area (Å²) in [7, 11) is 0. The number of fused-ring (bicyclic) bond motifs is 2. The number of nitrogens with zero attached hydrogens (tertiary/aromatic N) is 4. The van der Waals surface area contributed by atoms with Gasteiger partial charge in [-0.1, -0.05) is 0 Å². The van der Waals surface area contributed by atoms with Gasteiger partial charge in [0.1, 0.15) is 18.5 Å². The fraction of sp³-hybridized carbons (Fsp3) is 0.500. The first-order chi connectivity index (χ1) is 10.5. The molecule has 2 aliphatic heterocycles. The highest BCUT2D eigenvalue weighted by atomic mass is 16.8. The summed E-state index contributed by atoms with van der Waals surface area (Å²) < 4.78 is 17.7. The maximum absolute atomic E-state index is 11.5. The van der Waals surface area contributed by atoms with Gasteiger partial charge in [0.05, 0.1) is 18.5 Å². The summed E-state index contributed by atoms with van der Waals surface area (Å²) in [5.41, 5.74) is 5.58. The van der Waals surface area contributed by atoms with E-state index in [9.17, 15) is 9.90 Å². The fourth-order valence-electron chi connectivity index (χ4n) is 3.04. The molecule has 2 saturated heterocycles. The van der Waals surface area contributed by atoms with Crippen molar-refractivity contribution >= 4 is 17.6 Å². The molecule has 4 rings (SSSR count). The number of aliphatic hydroxyl groups excluding tert-OH is 1. The Hall–Kier alpha value is -2.46. The van der Waals surface area contributed by atoms with Crippen LogP contribution in [-0.2, 0) is 14.2 Å². The first kappa shape index (κ1) is 13.2. The summed E-state index contributed by atoms with van der Waals surface area (Å²) in [5, 5.41) is 13.5. The van der Waals surface area contributed by atoms with Gasteiger partial charge in [0.25, 0.3) is 0 Å². The van der Waals surface area contributed by atoms with Gasteiger partial charge in [0.15, 0.2) is 23.2 Å². The van der Waals surface area contributed by atoms with E-state index >= 15 is 0 Å².